The fraction of sp³-hybridized carbons (Fsp3) is 0.286. The second kappa shape index (κ2) is 5.42. The number of benzene rings is 1. The molecule has 2 aromatic heterocycles. The standard InChI is InChI=1S/C21H18N2O5/c1-3-21(27)15-8-17-18-13(7-11-6-12(24)4-5-16(11)22-18)10(2)23(17)19(25)14(15)9-28-20(21)26/h4-8,10,24,27H,3,9H2,1-2H3/t10?,21-/m0/s1. The van der Waals surface area contributed by atoms with E-state index in [1.54, 1.807) is 35.8 Å². The average Bonchev–Trinajstić information content (AvgIpc) is 2.95. The topological polar surface area (TPSA) is 102 Å². The lowest BCUT2D eigenvalue weighted by Gasteiger charge is -2.32. The lowest BCUT2D eigenvalue weighted by Crippen LogP contribution is -2.44. The van der Waals surface area contributed by atoms with Crippen molar-refractivity contribution in [1.29, 1.82) is 0 Å². The van der Waals surface area contributed by atoms with Crippen LogP contribution in [-0.2, 0) is 21.7 Å². The van der Waals surface area contributed by atoms with Gasteiger partial charge in [0.1, 0.15) is 12.4 Å². The molecule has 5 rings (SSSR count). The molecule has 7 nitrogen and oxygen atoms in total. The maximum atomic E-state index is 13.2. The third-order valence-corrected chi connectivity index (χ3v) is 5.89. The Kier molecular flexibility index (Phi) is 3.28. The molecule has 7 heteroatoms. The minimum absolute atomic E-state index is 0.106. The van der Waals surface area contributed by atoms with E-state index in [-0.39, 0.29) is 30.4 Å². The minimum Gasteiger partial charge on any atom is -0.508 e. The largest absolute Gasteiger partial charge is 0.508 e. The molecule has 2 aliphatic heterocycles. The number of esters is 1. The highest BCUT2D eigenvalue weighted by molar-refractivity contribution is 5.87. The number of aliphatic hydroxyl groups is 1. The predicted molar refractivity (Wildman–Crippen MR) is 101 cm³/mol. The summed E-state index contributed by atoms with van der Waals surface area (Å²) in [4.78, 5) is 30.2. The van der Waals surface area contributed by atoms with Crippen molar-refractivity contribution >= 4 is 16.9 Å². The number of rotatable bonds is 1. The van der Waals surface area contributed by atoms with E-state index in [2.05, 4.69) is 0 Å². The van der Waals surface area contributed by atoms with Gasteiger partial charge >= 0.3 is 5.97 Å². The number of carbonyl (C=O) groups is 1. The van der Waals surface area contributed by atoms with Gasteiger partial charge in [-0.3, -0.25) is 9.36 Å². The van der Waals surface area contributed by atoms with Crippen molar-refractivity contribution in [1.82, 2.24) is 9.55 Å². The Morgan fingerprint density at radius 2 is 2.07 bits per heavy atom. The molecule has 1 unspecified atom stereocenters. The van der Waals surface area contributed by atoms with Crippen molar-refractivity contribution in [2.24, 2.45) is 0 Å². The zero-order valence-corrected chi connectivity index (χ0v) is 15.4. The van der Waals surface area contributed by atoms with Crippen LogP contribution in [0.15, 0.2) is 35.1 Å². The highest BCUT2D eigenvalue weighted by atomic mass is 16.6. The first kappa shape index (κ1) is 16.9. The number of aromatic nitrogens is 2. The zero-order chi connectivity index (χ0) is 19.8. The summed E-state index contributed by atoms with van der Waals surface area (Å²) in [6, 6.07) is 8.26. The first-order valence-electron chi connectivity index (χ1n) is 9.17. The number of pyridine rings is 2. The van der Waals surface area contributed by atoms with Crippen molar-refractivity contribution in [2.45, 2.75) is 38.5 Å². The molecule has 0 bridgehead atoms. The quantitative estimate of drug-likeness (QED) is 0.630. The Balaban J connectivity index is 1.84. The molecule has 0 saturated heterocycles. The molecule has 0 radical (unpaired) electrons. The van der Waals surface area contributed by atoms with Crippen LogP contribution in [0.4, 0.5) is 0 Å². The van der Waals surface area contributed by atoms with Crippen LogP contribution in [0.5, 0.6) is 5.75 Å². The third kappa shape index (κ3) is 1.99. The van der Waals surface area contributed by atoms with Crippen LogP contribution < -0.4 is 5.56 Å². The van der Waals surface area contributed by atoms with Crippen LogP contribution in [0, 0.1) is 0 Å². The van der Waals surface area contributed by atoms with Gasteiger partial charge < -0.3 is 14.9 Å². The molecular weight excluding hydrogens is 360 g/mol. The molecule has 1 aromatic carbocycles. The zero-order valence-electron chi connectivity index (χ0n) is 15.4. The summed E-state index contributed by atoms with van der Waals surface area (Å²) in [5.74, 6) is -0.589. The van der Waals surface area contributed by atoms with Crippen LogP contribution in [0.3, 0.4) is 0 Å². The first-order chi connectivity index (χ1) is 13.3. The first-order valence-corrected chi connectivity index (χ1v) is 9.17. The van der Waals surface area contributed by atoms with Gasteiger partial charge in [-0.25, -0.2) is 9.78 Å². The number of phenols is 1. The number of nitrogens with zero attached hydrogens (tertiary/aromatic N) is 2. The Hall–Kier alpha value is -3.19. The Bertz CT molecular complexity index is 1250. The molecule has 0 aliphatic carbocycles. The fourth-order valence-corrected chi connectivity index (χ4v) is 4.28. The Morgan fingerprint density at radius 3 is 2.82 bits per heavy atom. The van der Waals surface area contributed by atoms with Gasteiger partial charge in [0.25, 0.3) is 5.56 Å². The number of hydrogen-bond acceptors (Lipinski definition) is 6. The van der Waals surface area contributed by atoms with E-state index in [1.807, 2.05) is 13.0 Å². The molecule has 142 valence electrons. The van der Waals surface area contributed by atoms with Gasteiger partial charge in [0, 0.05) is 16.5 Å². The molecule has 3 aromatic rings. The van der Waals surface area contributed by atoms with E-state index in [4.69, 9.17) is 9.72 Å². The highest BCUT2D eigenvalue weighted by Crippen LogP contribution is 2.42. The minimum atomic E-state index is -1.84. The molecule has 0 fully saturated rings. The summed E-state index contributed by atoms with van der Waals surface area (Å²) in [6.07, 6.45) is 0.106. The monoisotopic (exact) mass is 378 g/mol. The van der Waals surface area contributed by atoms with Crippen molar-refractivity contribution in [2.75, 3.05) is 0 Å². The van der Waals surface area contributed by atoms with Gasteiger partial charge in [-0.05, 0) is 43.7 Å². The number of aromatic hydroxyl groups is 1. The Morgan fingerprint density at radius 1 is 1.29 bits per heavy atom. The number of phenolic OH excluding ortho intramolecular Hbond substituents is 1. The van der Waals surface area contributed by atoms with E-state index < -0.39 is 11.6 Å². The summed E-state index contributed by atoms with van der Waals surface area (Å²) in [6.45, 7) is 3.43. The van der Waals surface area contributed by atoms with Crippen molar-refractivity contribution in [3.05, 3.63) is 57.4 Å². The van der Waals surface area contributed by atoms with Gasteiger partial charge in [0.2, 0.25) is 0 Å². The molecule has 28 heavy (non-hydrogen) atoms. The predicted octanol–water partition coefficient (Wildman–Crippen LogP) is 2.35. The molecule has 2 atom stereocenters. The molecule has 2 N–H and O–H groups in total. The van der Waals surface area contributed by atoms with Gasteiger partial charge in [0.15, 0.2) is 5.60 Å². The maximum Gasteiger partial charge on any atom is 0.343 e. The van der Waals surface area contributed by atoms with Gasteiger partial charge in [-0.15, -0.1) is 0 Å². The second-order valence-electron chi connectivity index (χ2n) is 7.37. The molecule has 2 aliphatic rings. The molecule has 0 amide bonds. The molecule has 0 saturated carbocycles. The smallest absolute Gasteiger partial charge is 0.343 e. The fourth-order valence-electron chi connectivity index (χ4n) is 4.28. The maximum absolute atomic E-state index is 13.2. The van der Waals surface area contributed by atoms with Crippen molar-refractivity contribution < 1.29 is 19.7 Å². The SMILES string of the molecule is CC[C@@]1(O)C(=O)OCc2c1cc1n(c2=O)C(C)c2cc3cc(O)ccc3nc2-1. The van der Waals surface area contributed by atoms with Crippen molar-refractivity contribution in [3.8, 4) is 17.1 Å². The van der Waals surface area contributed by atoms with E-state index >= 15 is 0 Å². The van der Waals surface area contributed by atoms with Crippen LogP contribution >= 0.6 is 0 Å². The van der Waals surface area contributed by atoms with E-state index in [0.29, 0.717) is 28.0 Å². The normalized spacial score (nSPS) is 22.5. The highest BCUT2D eigenvalue weighted by Gasteiger charge is 2.45. The van der Waals surface area contributed by atoms with Crippen molar-refractivity contribution in [3.63, 3.8) is 0 Å². The number of carbonyl (C=O) groups excluding carboxylic acids is 1. The second-order valence-corrected chi connectivity index (χ2v) is 7.37. The van der Waals surface area contributed by atoms with E-state index in [1.165, 1.54) is 0 Å². The Labute approximate surface area is 159 Å². The summed E-state index contributed by atoms with van der Waals surface area (Å²) >= 11 is 0. The number of ether oxygens (including phenoxy) is 1. The third-order valence-electron chi connectivity index (χ3n) is 5.89. The van der Waals surface area contributed by atoms with Gasteiger partial charge in [0.05, 0.1) is 28.5 Å². The average molecular weight is 378 g/mol. The number of cyclic esters (lactones) is 1. The summed E-state index contributed by atoms with van der Waals surface area (Å²) < 4.78 is 6.72. The van der Waals surface area contributed by atoms with Crippen LogP contribution in [-0.4, -0.2) is 25.7 Å². The summed E-state index contributed by atoms with van der Waals surface area (Å²) in [5.41, 5.74) is 1.23. The van der Waals surface area contributed by atoms with Crippen LogP contribution in [0.2, 0.25) is 0 Å². The number of fused-ring (bicyclic) bond motifs is 5. The lowest BCUT2D eigenvalue weighted by molar-refractivity contribution is -0.172. The van der Waals surface area contributed by atoms with E-state index in [9.17, 15) is 19.8 Å². The lowest BCUT2D eigenvalue weighted by atomic mass is 9.86. The molecule has 4 heterocycles. The number of hydrogen-bond donors (Lipinski definition) is 2. The van der Waals surface area contributed by atoms with Crippen LogP contribution in [0.25, 0.3) is 22.3 Å². The molecule has 0 spiro atoms. The van der Waals surface area contributed by atoms with Gasteiger partial charge in [-0.1, -0.05) is 6.92 Å². The van der Waals surface area contributed by atoms with E-state index in [0.717, 1.165) is 10.9 Å². The van der Waals surface area contributed by atoms with Crippen LogP contribution in [0.1, 0.15) is 43.0 Å². The summed E-state index contributed by atoms with van der Waals surface area (Å²) in [7, 11) is 0. The van der Waals surface area contributed by atoms with Gasteiger partial charge in [-0.2, -0.15) is 0 Å². The summed E-state index contributed by atoms with van der Waals surface area (Å²) in [5, 5.41) is 21.4. The molecular formula is C21H18N2O5.